The summed E-state index contributed by atoms with van der Waals surface area (Å²) in [7, 11) is 2.14. The molecule has 0 radical (unpaired) electrons. The first-order valence-electron chi connectivity index (χ1n) is 12.0. The van der Waals surface area contributed by atoms with Gasteiger partial charge in [0.1, 0.15) is 0 Å². The molecule has 176 valence electrons. The number of benzene rings is 1. The molecule has 33 heavy (non-hydrogen) atoms. The molecule has 0 bridgehead atoms. The number of hydrogen-bond donors (Lipinski definition) is 0. The molecule has 1 saturated heterocycles. The molecule has 3 aliphatic rings. The van der Waals surface area contributed by atoms with Crippen molar-refractivity contribution in [1.82, 2.24) is 14.4 Å². The van der Waals surface area contributed by atoms with E-state index >= 15 is 0 Å². The van der Waals surface area contributed by atoms with E-state index < -0.39 is 5.82 Å². The highest BCUT2D eigenvalue weighted by Gasteiger charge is 2.46. The number of halogens is 1. The molecule has 0 N–H and O–H groups in total. The van der Waals surface area contributed by atoms with Crippen LogP contribution in [0.1, 0.15) is 66.1 Å². The zero-order chi connectivity index (χ0) is 23.3. The van der Waals surface area contributed by atoms with Crippen molar-refractivity contribution in [1.29, 1.82) is 0 Å². The molecule has 2 aliphatic heterocycles. The molecular weight excluding hydrogens is 421 g/mol. The molecule has 1 spiro atoms. The van der Waals surface area contributed by atoms with E-state index in [1.165, 1.54) is 17.8 Å². The van der Waals surface area contributed by atoms with Crippen molar-refractivity contribution in [3.8, 4) is 5.75 Å². The first-order valence-corrected chi connectivity index (χ1v) is 12.0. The van der Waals surface area contributed by atoms with Crippen LogP contribution in [0.15, 0.2) is 30.3 Å². The fraction of sp³-hybridized carbons (Fsp3) is 0.538. The van der Waals surface area contributed by atoms with Crippen LogP contribution in [0.3, 0.4) is 0 Å². The number of ether oxygens (including phenoxy) is 1. The second-order valence-electron chi connectivity index (χ2n) is 9.95. The molecule has 1 amide bonds. The van der Waals surface area contributed by atoms with Crippen LogP contribution in [0.25, 0.3) is 0 Å². The van der Waals surface area contributed by atoms with Crippen LogP contribution < -0.4 is 4.74 Å². The van der Waals surface area contributed by atoms with Gasteiger partial charge in [-0.25, -0.2) is 4.39 Å². The van der Waals surface area contributed by atoms with Crippen LogP contribution in [-0.2, 0) is 12.1 Å². The molecule has 1 saturated carbocycles. The number of carbonyl (C=O) groups is 2. The molecule has 6 nitrogen and oxygen atoms in total. The number of nitrogens with zero attached hydrogens (tertiary/aromatic N) is 3. The lowest BCUT2D eigenvalue weighted by Crippen LogP contribution is -2.56. The van der Waals surface area contributed by atoms with E-state index in [1.807, 2.05) is 24.8 Å². The van der Waals surface area contributed by atoms with E-state index in [1.54, 1.807) is 6.07 Å². The van der Waals surface area contributed by atoms with Gasteiger partial charge in [0.15, 0.2) is 17.3 Å². The van der Waals surface area contributed by atoms with E-state index in [4.69, 9.17) is 4.74 Å². The first-order chi connectivity index (χ1) is 15.8. The number of likely N-dealkylation sites (N-methyl/N-ethyl adjacent to an activating group) is 1. The zero-order valence-electron chi connectivity index (χ0n) is 19.6. The molecule has 0 atom stereocenters. The number of aromatic nitrogens is 1. The smallest absolute Gasteiger partial charge is 0.253 e. The van der Waals surface area contributed by atoms with Gasteiger partial charge in [-0.15, -0.1) is 0 Å². The average molecular weight is 454 g/mol. The largest absolute Gasteiger partial charge is 0.488 e. The minimum atomic E-state index is -0.513. The Balaban J connectivity index is 1.33. The van der Waals surface area contributed by atoms with Gasteiger partial charge in [-0.3, -0.25) is 14.5 Å². The Bertz CT molecular complexity index is 1080. The second kappa shape index (κ2) is 8.28. The molecular formula is C26H32FN3O3. The van der Waals surface area contributed by atoms with E-state index in [0.29, 0.717) is 18.7 Å². The van der Waals surface area contributed by atoms with Gasteiger partial charge in [-0.2, -0.15) is 0 Å². The number of ketones is 1. The van der Waals surface area contributed by atoms with Crippen molar-refractivity contribution in [2.75, 3.05) is 26.7 Å². The fourth-order valence-electron chi connectivity index (χ4n) is 5.43. The van der Waals surface area contributed by atoms with Crippen LogP contribution in [0, 0.1) is 11.7 Å². The average Bonchev–Trinajstić information content (AvgIpc) is 3.56. The number of hydrogen-bond acceptors (Lipinski definition) is 4. The number of carbonyl (C=O) groups excluding carboxylic acids is 2. The normalized spacial score (nSPS) is 20.2. The highest BCUT2D eigenvalue weighted by Crippen LogP contribution is 2.43. The quantitative estimate of drug-likeness (QED) is 0.640. The van der Waals surface area contributed by atoms with Crippen LogP contribution in [0.5, 0.6) is 5.75 Å². The van der Waals surface area contributed by atoms with Crippen molar-refractivity contribution >= 4 is 11.7 Å². The minimum absolute atomic E-state index is 0.133. The molecule has 2 fully saturated rings. The molecule has 0 unspecified atom stereocenters. The maximum Gasteiger partial charge on any atom is 0.253 e. The highest BCUT2D eigenvalue weighted by molar-refractivity contribution is 5.98. The van der Waals surface area contributed by atoms with Crippen LogP contribution in [0.2, 0.25) is 0 Å². The number of Topliss-reactive ketones (excluding diaryl/α,β-unsaturated/α-hetero) is 1. The molecule has 2 aromatic rings. The van der Waals surface area contributed by atoms with E-state index in [2.05, 4.69) is 22.6 Å². The maximum atomic E-state index is 14.4. The molecule has 1 aromatic carbocycles. The lowest BCUT2D eigenvalue weighted by Gasteiger charge is -2.50. The third kappa shape index (κ3) is 3.86. The summed E-state index contributed by atoms with van der Waals surface area (Å²) in [6.07, 6.45) is 3.45. The Hall–Kier alpha value is -2.67. The summed E-state index contributed by atoms with van der Waals surface area (Å²) in [5.41, 5.74) is 2.20. The highest BCUT2D eigenvalue weighted by atomic mass is 19.1. The van der Waals surface area contributed by atoms with Gasteiger partial charge in [0.25, 0.3) is 5.91 Å². The SMILES string of the molecule is CC(C)Oc1ccc(C(=O)N2CCC3(CC2)c2ccc(C(=O)C4CC4)n2CCN3C)cc1F. The monoisotopic (exact) mass is 453 g/mol. The Kier molecular flexibility index (Phi) is 5.55. The van der Waals surface area contributed by atoms with Crippen molar-refractivity contribution in [2.24, 2.45) is 5.92 Å². The van der Waals surface area contributed by atoms with Crippen molar-refractivity contribution in [3.05, 3.63) is 53.1 Å². The van der Waals surface area contributed by atoms with E-state index in [-0.39, 0.29) is 35.0 Å². The summed E-state index contributed by atoms with van der Waals surface area (Å²) in [6, 6.07) is 8.57. The van der Waals surface area contributed by atoms with Crippen molar-refractivity contribution in [2.45, 2.75) is 57.7 Å². The third-order valence-corrected chi connectivity index (χ3v) is 7.47. The van der Waals surface area contributed by atoms with Crippen molar-refractivity contribution < 1.29 is 18.7 Å². The summed E-state index contributed by atoms with van der Waals surface area (Å²) in [6.45, 7) is 6.56. The lowest BCUT2D eigenvalue weighted by molar-refractivity contribution is 0.0127. The Morgan fingerprint density at radius 1 is 1.06 bits per heavy atom. The van der Waals surface area contributed by atoms with E-state index in [0.717, 1.165) is 44.5 Å². The van der Waals surface area contributed by atoms with Gasteiger partial charge in [-0.05, 0) is 76.9 Å². The predicted molar refractivity (Wildman–Crippen MR) is 123 cm³/mol. The maximum absolute atomic E-state index is 14.4. The summed E-state index contributed by atoms with van der Waals surface area (Å²) in [5, 5.41) is 0. The topological polar surface area (TPSA) is 54.8 Å². The van der Waals surface area contributed by atoms with Gasteiger partial charge in [0.05, 0.1) is 17.3 Å². The number of amides is 1. The van der Waals surface area contributed by atoms with Crippen molar-refractivity contribution in [3.63, 3.8) is 0 Å². The molecule has 3 heterocycles. The Morgan fingerprint density at radius 3 is 2.42 bits per heavy atom. The van der Waals surface area contributed by atoms with Crippen LogP contribution >= 0.6 is 0 Å². The van der Waals surface area contributed by atoms with Gasteiger partial charge >= 0.3 is 0 Å². The van der Waals surface area contributed by atoms with Gasteiger partial charge in [-0.1, -0.05) is 0 Å². The van der Waals surface area contributed by atoms with Crippen LogP contribution in [0.4, 0.5) is 4.39 Å². The van der Waals surface area contributed by atoms with Gasteiger partial charge in [0.2, 0.25) is 0 Å². The van der Waals surface area contributed by atoms with Gasteiger partial charge in [0, 0.05) is 43.4 Å². The number of likely N-dealkylation sites (tertiary alicyclic amines) is 1. The second-order valence-corrected chi connectivity index (χ2v) is 9.95. The zero-order valence-corrected chi connectivity index (χ0v) is 19.6. The Morgan fingerprint density at radius 2 is 1.79 bits per heavy atom. The number of fused-ring (bicyclic) bond motifs is 2. The minimum Gasteiger partial charge on any atom is -0.488 e. The summed E-state index contributed by atoms with van der Waals surface area (Å²) < 4.78 is 22.1. The van der Waals surface area contributed by atoms with E-state index in [9.17, 15) is 14.0 Å². The first kappa shape index (κ1) is 22.1. The lowest BCUT2D eigenvalue weighted by atomic mass is 9.81. The molecule has 5 rings (SSSR count). The standard InChI is InChI=1S/C26H32FN3O3/c1-17(2)33-22-8-6-19(16-20(22)27)25(32)29-12-10-26(11-13-29)23-9-7-21(24(31)18-4-5-18)30(23)15-14-28(26)3/h6-9,16-18H,4-5,10-15H2,1-3H3. The molecule has 1 aromatic heterocycles. The predicted octanol–water partition coefficient (Wildman–Crippen LogP) is 4.08. The Labute approximate surface area is 194 Å². The summed E-state index contributed by atoms with van der Waals surface area (Å²) in [5.74, 6) is -0.0170. The third-order valence-electron chi connectivity index (χ3n) is 7.47. The van der Waals surface area contributed by atoms with Gasteiger partial charge < -0.3 is 14.2 Å². The number of rotatable bonds is 5. The van der Waals surface area contributed by atoms with Crippen LogP contribution in [-0.4, -0.2) is 58.8 Å². The summed E-state index contributed by atoms with van der Waals surface area (Å²) >= 11 is 0. The molecule has 7 heteroatoms. The number of piperidine rings is 1. The summed E-state index contributed by atoms with van der Waals surface area (Å²) in [4.78, 5) is 30.1. The fourth-order valence-corrected chi connectivity index (χ4v) is 5.43. The molecule has 1 aliphatic carbocycles.